The van der Waals surface area contributed by atoms with Gasteiger partial charge in [0.15, 0.2) is 0 Å². The summed E-state index contributed by atoms with van der Waals surface area (Å²) in [5, 5.41) is 0.752. The lowest BCUT2D eigenvalue weighted by molar-refractivity contribution is 0.139. The Morgan fingerprint density at radius 3 is 2.93 bits per heavy atom. The van der Waals surface area contributed by atoms with Crippen molar-refractivity contribution in [3.63, 3.8) is 0 Å². The predicted molar refractivity (Wildman–Crippen MR) is 62.0 cm³/mol. The van der Waals surface area contributed by atoms with Crippen molar-refractivity contribution in [3.05, 3.63) is 34.9 Å². The van der Waals surface area contributed by atoms with Gasteiger partial charge in [0.25, 0.3) is 0 Å². The summed E-state index contributed by atoms with van der Waals surface area (Å²) >= 11 is 5.98. The highest BCUT2D eigenvalue weighted by atomic mass is 35.5. The van der Waals surface area contributed by atoms with Crippen LogP contribution in [-0.2, 0) is 10.3 Å². The van der Waals surface area contributed by atoms with Gasteiger partial charge in [0.2, 0.25) is 0 Å². The van der Waals surface area contributed by atoms with Crippen LogP contribution in [-0.4, -0.2) is 13.2 Å². The molecule has 82 valence electrons. The van der Waals surface area contributed by atoms with Gasteiger partial charge >= 0.3 is 0 Å². The van der Waals surface area contributed by atoms with Crippen LogP contribution in [0.4, 0.5) is 0 Å². The van der Waals surface area contributed by atoms with E-state index in [1.165, 1.54) is 0 Å². The molecule has 1 aromatic carbocycles. The summed E-state index contributed by atoms with van der Waals surface area (Å²) in [5.74, 6) is 0. The number of ether oxygens (including phenoxy) is 1. The topological polar surface area (TPSA) is 35.2 Å². The fourth-order valence-corrected chi connectivity index (χ4v) is 2.25. The molecule has 0 radical (unpaired) electrons. The van der Waals surface area contributed by atoms with E-state index in [0.29, 0.717) is 0 Å². The van der Waals surface area contributed by atoms with Crippen LogP contribution >= 0.6 is 11.6 Å². The first kappa shape index (κ1) is 10.9. The summed E-state index contributed by atoms with van der Waals surface area (Å²) in [4.78, 5) is 0. The molecule has 0 aliphatic carbocycles. The third kappa shape index (κ3) is 2.51. The van der Waals surface area contributed by atoms with Crippen LogP contribution in [0.5, 0.6) is 0 Å². The van der Waals surface area contributed by atoms with Gasteiger partial charge in [0.1, 0.15) is 0 Å². The molecule has 0 amide bonds. The van der Waals surface area contributed by atoms with Crippen molar-refractivity contribution in [1.29, 1.82) is 0 Å². The molecule has 2 rings (SSSR count). The molecule has 0 bridgehead atoms. The second-order valence-corrected chi connectivity index (χ2v) is 4.57. The zero-order valence-electron chi connectivity index (χ0n) is 8.71. The van der Waals surface area contributed by atoms with Crippen LogP contribution in [0.3, 0.4) is 0 Å². The van der Waals surface area contributed by atoms with E-state index >= 15 is 0 Å². The molecule has 1 unspecified atom stereocenters. The van der Waals surface area contributed by atoms with E-state index in [-0.39, 0.29) is 5.54 Å². The average Bonchev–Trinajstić information content (AvgIpc) is 2.44. The summed E-state index contributed by atoms with van der Waals surface area (Å²) in [6, 6.07) is 7.85. The Hall–Kier alpha value is -0.570. The fraction of sp³-hybridized carbons (Fsp3) is 0.500. The van der Waals surface area contributed by atoms with Gasteiger partial charge in [0, 0.05) is 23.8 Å². The number of benzene rings is 1. The normalized spacial score (nSPS) is 27.3. The minimum Gasteiger partial charge on any atom is -0.381 e. The molecule has 3 heteroatoms. The maximum absolute atomic E-state index is 6.41. The molecule has 15 heavy (non-hydrogen) atoms. The van der Waals surface area contributed by atoms with Gasteiger partial charge in [0.05, 0.1) is 0 Å². The van der Waals surface area contributed by atoms with Gasteiger partial charge in [-0.3, -0.25) is 0 Å². The highest BCUT2D eigenvalue weighted by Crippen LogP contribution is 2.30. The SMILES string of the molecule is NC1(c2cccc(Cl)c2)CCCOCC1. The number of rotatable bonds is 1. The molecule has 1 aromatic rings. The molecule has 1 heterocycles. The zero-order chi connectivity index (χ0) is 10.7. The Bertz CT molecular complexity index is 332. The van der Waals surface area contributed by atoms with Gasteiger partial charge in [-0.15, -0.1) is 0 Å². The van der Waals surface area contributed by atoms with Crippen molar-refractivity contribution >= 4 is 11.6 Å². The molecule has 1 fully saturated rings. The second-order valence-electron chi connectivity index (χ2n) is 4.13. The Morgan fingerprint density at radius 2 is 2.13 bits per heavy atom. The van der Waals surface area contributed by atoms with Crippen LogP contribution in [0.15, 0.2) is 24.3 Å². The maximum atomic E-state index is 6.41. The van der Waals surface area contributed by atoms with Crippen LogP contribution in [0.2, 0.25) is 5.02 Å². The Balaban J connectivity index is 2.26. The standard InChI is InChI=1S/C12H16ClNO/c13-11-4-1-3-10(9-11)12(14)5-2-7-15-8-6-12/h1,3-4,9H,2,5-8,14H2. The number of hydrogen-bond acceptors (Lipinski definition) is 2. The highest BCUT2D eigenvalue weighted by molar-refractivity contribution is 6.30. The third-order valence-corrected chi connectivity index (χ3v) is 3.24. The Labute approximate surface area is 95.4 Å². The summed E-state index contributed by atoms with van der Waals surface area (Å²) in [5.41, 5.74) is 7.27. The molecular formula is C12H16ClNO. The van der Waals surface area contributed by atoms with E-state index < -0.39 is 0 Å². The predicted octanol–water partition coefficient (Wildman–Crippen LogP) is 2.69. The van der Waals surface area contributed by atoms with Gasteiger partial charge in [-0.05, 0) is 37.0 Å². The monoisotopic (exact) mass is 225 g/mol. The number of halogens is 1. The average molecular weight is 226 g/mol. The molecule has 1 aliphatic rings. The first-order valence-corrected chi connectivity index (χ1v) is 5.71. The first-order chi connectivity index (χ1) is 7.21. The Morgan fingerprint density at radius 1 is 1.27 bits per heavy atom. The quantitative estimate of drug-likeness (QED) is 0.798. The molecule has 0 saturated carbocycles. The fourth-order valence-electron chi connectivity index (χ4n) is 2.06. The van der Waals surface area contributed by atoms with E-state index in [4.69, 9.17) is 22.1 Å². The van der Waals surface area contributed by atoms with Crippen LogP contribution in [0.25, 0.3) is 0 Å². The van der Waals surface area contributed by atoms with Gasteiger partial charge in [-0.2, -0.15) is 0 Å². The van der Waals surface area contributed by atoms with Gasteiger partial charge in [-0.25, -0.2) is 0 Å². The van der Waals surface area contributed by atoms with Crippen LogP contribution in [0.1, 0.15) is 24.8 Å². The van der Waals surface area contributed by atoms with Crippen LogP contribution < -0.4 is 5.73 Å². The van der Waals surface area contributed by atoms with E-state index in [9.17, 15) is 0 Å². The van der Waals surface area contributed by atoms with Crippen molar-refractivity contribution in [2.45, 2.75) is 24.8 Å². The summed E-state index contributed by atoms with van der Waals surface area (Å²) in [7, 11) is 0. The molecule has 1 aliphatic heterocycles. The lowest BCUT2D eigenvalue weighted by Crippen LogP contribution is -2.36. The number of nitrogens with two attached hydrogens (primary N) is 1. The molecule has 1 saturated heterocycles. The second kappa shape index (κ2) is 4.52. The van der Waals surface area contributed by atoms with E-state index in [1.807, 2.05) is 18.2 Å². The first-order valence-electron chi connectivity index (χ1n) is 5.33. The number of hydrogen-bond donors (Lipinski definition) is 1. The third-order valence-electron chi connectivity index (χ3n) is 3.00. The highest BCUT2D eigenvalue weighted by Gasteiger charge is 2.28. The smallest absolute Gasteiger partial charge is 0.0486 e. The minimum absolute atomic E-state index is 0.262. The summed E-state index contributed by atoms with van der Waals surface area (Å²) in [6.07, 6.45) is 2.85. The molecule has 2 nitrogen and oxygen atoms in total. The molecule has 0 spiro atoms. The molecule has 1 atom stereocenters. The van der Waals surface area contributed by atoms with E-state index in [0.717, 1.165) is 43.1 Å². The van der Waals surface area contributed by atoms with Gasteiger partial charge in [-0.1, -0.05) is 23.7 Å². The van der Waals surface area contributed by atoms with Crippen LogP contribution in [0, 0.1) is 0 Å². The Kier molecular flexibility index (Phi) is 3.29. The minimum atomic E-state index is -0.262. The summed E-state index contributed by atoms with van der Waals surface area (Å²) < 4.78 is 5.43. The maximum Gasteiger partial charge on any atom is 0.0486 e. The van der Waals surface area contributed by atoms with E-state index in [1.54, 1.807) is 0 Å². The lowest BCUT2D eigenvalue weighted by Gasteiger charge is -2.28. The van der Waals surface area contributed by atoms with Crippen molar-refractivity contribution in [3.8, 4) is 0 Å². The largest absolute Gasteiger partial charge is 0.381 e. The van der Waals surface area contributed by atoms with E-state index in [2.05, 4.69) is 6.07 Å². The zero-order valence-corrected chi connectivity index (χ0v) is 9.46. The van der Waals surface area contributed by atoms with Crippen molar-refractivity contribution in [2.75, 3.05) is 13.2 Å². The van der Waals surface area contributed by atoms with Crippen molar-refractivity contribution < 1.29 is 4.74 Å². The van der Waals surface area contributed by atoms with Crippen molar-refractivity contribution in [2.24, 2.45) is 5.73 Å². The molecule has 2 N–H and O–H groups in total. The van der Waals surface area contributed by atoms with Gasteiger partial charge < -0.3 is 10.5 Å². The summed E-state index contributed by atoms with van der Waals surface area (Å²) in [6.45, 7) is 1.56. The van der Waals surface area contributed by atoms with Crippen molar-refractivity contribution in [1.82, 2.24) is 0 Å². The lowest BCUT2D eigenvalue weighted by atomic mass is 9.84. The molecule has 0 aromatic heterocycles. The molecular weight excluding hydrogens is 210 g/mol.